The Bertz CT molecular complexity index is 504. The van der Waals surface area contributed by atoms with Crippen LogP contribution in [0.4, 0.5) is 0 Å². The zero-order chi connectivity index (χ0) is 16.5. The van der Waals surface area contributed by atoms with Crippen molar-refractivity contribution in [3.05, 3.63) is 35.4 Å². The highest BCUT2D eigenvalue weighted by Crippen LogP contribution is 2.21. The van der Waals surface area contributed by atoms with Crippen molar-refractivity contribution in [2.75, 3.05) is 26.8 Å². The van der Waals surface area contributed by atoms with Crippen molar-refractivity contribution in [3.8, 4) is 0 Å². The number of hydrogen-bond donors (Lipinski definition) is 2. The Morgan fingerprint density at radius 1 is 1.35 bits per heavy atom. The van der Waals surface area contributed by atoms with E-state index in [2.05, 4.69) is 46.4 Å². The van der Waals surface area contributed by atoms with Crippen LogP contribution in [0.5, 0.6) is 0 Å². The van der Waals surface area contributed by atoms with Gasteiger partial charge in [0.1, 0.15) is 0 Å². The lowest BCUT2D eigenvalue weighted by atomic mass is 10.0. The molecule has 0 radical (unpaired) electrons. The standard InChI is InChI=1S/C18H30N4O/c1-15-7-5-6-11-22(15)14-17-9-4-3-8-16(17)13-21-18(19)20-10-12-23-2/h3-4,8-9,15H,5-7,10-14H2,1-2H3,(H3,19,20,21). The van der Waals surface area contributed by atoms with E-state index in [1.165, 1.54) is 36.9 Å². The maximum Gasteiger partial charge on any atom is 0.188 e. The highest BCUT2D eigenvalue weighted by molar-refractivity contribution is 5.77. The number of hydrogen-bond acceptors (Lipinski definition) is 3. The molecule has 0 aliphatic carbocycles. The number of aliphatic imine (C=N–C) groups is 1. The van der Waals surface area contributed by atoms with Crippen LogP contribution in [0.3, 0.4) is 0 Å². The molecule has 1 atom stereocenters. The highest BCUT2D eigenvalue weighted by Gasteiger charge is 2.18. The lowest BCUT2D eigenvalue weighted by molar-refractivity contribution is 0.152. The number of methoxy groups -OCH3 is 1. The van der Waals surface area contributed by atoms with Crippen LogP contribution in [0.2, 0.25) is 0 Å². The quantitative estimate of drug-likeness (QED) is 0.459. The molecule has 23 heavy (non-hydrogen) atoms. The minimum Gasteiger partial charge on any atom is -0.383 e. The van der Waals surface area contributed by atoms with Crippen LogP contribution in [0.15, 0.2) is 29.3 Å². The van der Waals surface area contributed by atoms with E-state index in [9.17, 15) is 0 Å². The van der Waals surface area contributed by atoms with Crippen LogP contribution < -0.4 is 11.1 Å². The summed E-state index contributed by atoms with van der Waals surface area (Å²) in [5.74, 6) is 0.475. The molecule has 2 rings (SSSR count). The molecule has 0 amide bonds. The second kappa shape index (κ2) is 9.53. The van der Waals surface area contributed by atoms with E-state index < -0.39 is 0 Å². The lowest BCUT2D eigenvalue weighted by Gasteiger charge is -2.33. The Morgan fingerprint density at radius 2 is 2.13 bits per heavy atom. The second-order valence-electron chi connectivity index (χ2n) is 6.21. The molecule has 0 aromatic heterocycles. The van der Waals surface area contributed by atoms with Gasteiger partial charge >= 0.3 is 0 Å². The third-order valence-electron chi connectivity index (χ3n) is 4.46. The molecule has 1 fully saturated rings. The van der Waals surface area contributed by atoms with Crippen LogP contribution in [-0.2, 0) is 17.8 Å². The fraction of sp³-hybridized carbons (Fsp3) is 0.611. The van der Waals surface area contributed by atoms with E-state index >= 15 is 0 Å². The second-order valence-corrected chi connectivity index (χ2v) is 6.21. The number of rotatable bonds is 7. The van der Waals surface area contributed by atoms with Crippen molar-refractivity contribution >= 4 is 5.96 Å². The van der Waals surface area contributed by atoms with Gasteiger partial charge in [0.25, 0.3) is 0 Å². The molecule has 0 saturated carbocycles. The first-order valence-electron chi connectivity index (χ1n) is 8.54. The number of nitrogens with two attached hydrogens (primary N) is 1. The van der Waals surface area contributed by atoms with Crippen molar-refractivity contribution in [2.45, 2.75) is 45.3 Å². The topological polar surface area (TPSA) is 62.9 Å². The molecule has 1 aromatic rings. The Hall–Kier alpha value is -1.59. The number of benzene rings is 1. The predicted octanol–water partition coefficient (Wildman–Crippen LogP) is 2.11. The molecular weight excluding hydrogens is 288 g/mol. The zero-order valence-corrected chi connectivity index (χ0v) is 14.4. The summed E-state index contributed by atoms with van der Waals surface area (Å²) in [5, 5.41) is 3.05. The minimum absolute atomic E-state index is 0.475. The molecule has 1 aliphatic rings. The Balaban J connectivity index is 1.95. The Kier molecular flexibility index (Phi) is 7.36. The van der Waals surface area contributed by atoms with Gasteiger partial charge in [0, 0.05) is 26.2 Å². The average Bonchev–Trinajstić information content (AvgIpc) is 2.56. The van der Waals surface area contributed by atoms with Gasteiger partial charge in [-0.25, -0.2) is 4.99 Å². The van der Waals surface area contributed by atoms with E-state index in [4.69, 9.17) is 10.5 Å². The van der Waals surface area contributed by atoms with E-state index in [1.807, 2.05) is 0 Å². The van der Waals surface area contributed by atoms with Gasteiger partial charge in [-0.05, 0) is 37.4 Å². The van der Waals surface area contributed by atoms with Gasteiger partial charge in [-0.1, -0.05) is 30.7 Å². The first-order chi connectivity index (χ1) is 11.2. The normalized spacial score (nSPS) is 19.7. The van der Waals surface area contributed by atoms with Gasteiger partial charge in [-0.2, -0.15) is 0 Å². The molecule has 5 heteroatoms. The molecule has 3 N–H and O–H groups in total. The minimum atomic E-state index is 0.475. The maximum absolute atomic E-state index is 5.89. The van der Waals surface area contributed by atoms with Crippen molar-refractivity contribution < 1.29 is 4.74 Å². The summed E-state index contributed by atoms with van der Waals surface area (Å²) < 4.78 is 4.99. The van der Waals surface area contributed by atoms with Gasteiger partial charge in [0.2, 0.25) is 0 Å². The lowest BCUT2D eigenvalue weighted by Crippen LogP contribution is -2.37. The number of nitrogens with zero attached hydrogens (tertiary/aromatic N) is 2. The SMILES string of the molecule is COCCNC(N)=NCc1ccccc1CN1CCCCC1C. The molecular formula is C18H30N4O. The van der Waals surface area contributed by atoms with Crippen molar-refractivity contribution in [1.29, 1.82) is 0 Å². The number of guanidine groups is 1. The van der Waals surface area contributed by atoms with Crippen LogP contribution >= 0.6 is 0 Å². The summed E-state index contributed by atoms with van der Waals surface area (Å²) in [5.41, 5.74) is 8.50. The van der Waals surface area contributed by atoms with Gasteiger partial charge in [0.15, 0.2) is 5.96 Å². The largest absolute Gasteiger partial charge is 0.383 e. The van der Waals surface area contributed by atoms with Crippen LogP contribution in [-0.4, -0.2) is 43.7 Å². The number of piperidine rings is 1. The van der Waals surface area contributed by atoms with Crippen molar-refractivity contribution in [3.63, 3.8) is 0 Å². The fourth-order valence-corrected chi connectivity index (χ4v) is 2.98. The molecule has 1 heterocycles. The summed E-state index contributed by atoms with van der Waals surface area (Å²) in [4.78, 5) is 7.02. The van der Waals surface area contributed by atoms with Crippen molar-refractivity contribution in [1.82, 2.24) is 10.2 Å². The van der Waals surface area contributed by atoms with E-state index in [-0.39, 0.29) is 0 Å². The first kappa shape index (κ1) is 17.8. The summed E-state index contributed by atoms with van der Waals surface area (Å²) >= 11 is 0. The first-order valence-corrected chi connectivity index (χ1v) is 8.54. The smallest absolute Gasteiger partial charge is 0.188 e. The van der Waals surface area contributed by atoms with Gasteiger partial charge in [-0.3, -0.25) is 4.90 Å². The molecule has 1 aliphatic heterocycles. The number of likely N-dealkylation sites (tertiary alicyclic amines) is 1. The molecule has 1 unspecified atom stereocenters. The van der Waals surface area contributed by atoms with Crippen LogP contribution in [0.1, 0.15) is 37.3 Å². The summed E-state index contributed by atoms with van der Waals surface area (Å²) in [7, 11) is 1.67. The number of nitrogens with one attached hydrogen (secondary N) is 1. The Morgan fingerprint density at radius 3 is 2.87 bits per heavy atom. The van der Waals surface area contributed by atoms with Gasteiger partial charge in [-0.15, -0.1) is 0 Å². The monoisotopic (exact) mass is 318 g/mol. The third-order valence-corrected chi connectivity index (χ3v) is 4.46. The maximum atomic E-state index is 5.89. The molecule has 128 valence electrons. The molecule has 5 nitrogen and oxygen atoms in total. The summed E-state index contributed by atoms with van der Waals surface area (Å²) in [6.07, 6.45) is 3.96. The molecule has 0 bridgehead atoms. The highest BCUT2D eigenvalue weighted by atomic mass is 16.5. The van der Waals surface area contributed by atoms with Crippen molar-refractivity contribution in [2.24, 2.45) is 10.7 Å². The summed E-state index contributed by atoms with van der Waals surface area (Å²) in [6, 6.07) is 9.21. The molecule has 1 aromatic carbocycles. The summed E-state index contributed by atoms with van der Waals surface area (Å²) in [6.45, 7) is 6.45. The van der Waals surface area contributed by atoms with Crippen LogP contribution in [0.25, 0.3) is 0 Å². The van der Waals surface area contributed by atoms with E-state index in [0.717, 1.165) is 6.54 Å². The van der Waals surface area contributed by atoms with Gasteiger partial charge < -0.3 is 15.8 Å². The zero-order valence-electron chi connectivity index (χ0n) is 14.4. The van der Waals surface area contributed by atoms with E-state index in [1.54, 1.807) is 7.11 Å². The van der Waals surface area contributed by atoms with E-state index in [0.29, 0.717) is 31.7 Å². The predicted molar refractivity (Wildman–Crippen MR) is 95.4 cm³/mol. The Labute approximate surface area is 139 Å². The third kappa shape index (κ3) is 5.84. The number of ether oxygens (including phenoxy) is 1. The fourth-order valence-electron chi connectivity index (χ4n) is 2.98. The van der Waals surface area contributed by atoms with Gasteiger partial charge in [0.05, 0.1) is 13.2 Å². The molecule has 1 saturated heterocycles. The molecule has 0 spiro atoms. The average molecular weight is 318 g/mol. The van der Waals surface area contributed by atoms with Crippen LogP contribution in [0, 0.1) is 0 Å².